The molecule has 0 unspecified atom stereocenters. The Morgan fingerprint density at radius 3 is 1.86 bits per heavy atom. The van der Waals surface area contributed by atoms with Crippen LogP contribution in [0.1, 0.15) is 38.2 Å². The molecule has 1 aromatic rings. The summed E-state index contributed by atoms with van der Waals surface area (Å²) in [6, 6.07) is 1.84. The van der Waals surface area contributed by atoms with Crippen LogP contribution in [-0.2, 0) is 26.7 Å². The molecule has 0 bridgehead atoms. The average Bonchev–Trinajstić information content (AvgIpc) is 2.51. The average molecular weight is 458 g/mol. The van der Waals surface area contributed by atoms with Gasteiger partial charge in [-0.05, 0) is 36.6 Å². The summed E-state index contributed by atoms with van der Waals surface area (Å²) < 4.78 is 127. The van der Waals surface area contributed by atoms with Crippen molar-refractivity contribution in [2.24, 2.45) is 0 Å². The molecule has 0 amide bonds. The maximum atomic E-state index is 12.5. The van der Waals surface area contributed by atoms with E-state index in [1.807, 2.05) is 6.92 Å². The van der Waals surface area contributed by atoms with E-state index in [-0.39, 0.29) is 12.0 Å². The summed E-state index contributed by atoms with van der Waals surface area (Å²) in [6.07, 6.45) is 2.40. The van der Waals surface area contributed by atoms with Gasteiger partial charge < -0.3 is 8.37 Å². The number of benzene rings is 1. The molecular formula is C14H16F6O6S2. The third-order valence-electron chi connectivity index (χ3n) is 3.30. The van der Waals surface area contributed by atoms with E-state index in [0.29, 0.717) is 31.0 Å². The fraction of sp³-hybridized carbons (Fsp3) is 0.571. The maximum absolute atomic E-state index is 12.5. The summed E-state index contributed by atoms with van der Waals surface area (Å²) >= 11 is 0. The molecule has 14 heteroatoms. The van der Waals surface area contributed by atoms with Crippen LogP contribution in [0.5, 0.6) is 11.5 Å². The lowest BCUT2D eigenvalue weighted by Gasteiger charge is -2.15. The number of aryl methyl sites for hydroxylation is 1. The van der Waals surface area contributed by atoms with E-state index in [1.165, 1.54) is 0 Å². The smallest absolute Gasteiger partial charge is 0.376 e. The summed E-state index contributed by atoms with van der Waals surface area (Å²) in [5.74, 6) is -1.63. The molecule has 0 atom stereocenters. The van der Waals surface area contributed by atoms with Gasteiger partial charge >= 0.3 is 31.3 Å². The Kier molecular flexibility index (Phi) is 7.61. The van der Waals surface area contributed by atoms with Gasteiger partial charge in [-0.1, -0.05) is 26.2 Å². The van der Waals surface area contributed by atoms with Crippen LogP contribution < -0.4 is 8.37 Å². The zero-order valence-corrected chi connectivity index (χ0v) is 15.9. The van der Waals surface area contributed by atoms with Crippen LogP contribution in [0.15, 0.2) is 18.2 Å². The van der Waals surface area contributed by atoms with Crippen molar-refractivity contribution in [1.29, 1.82) is 0 Å². The van der Waals surface area contributed by atoms with Crippen molar-refractivity contribution in [2.75, 3.05) is 0 Å². The SMILES string of the molecule is CCCCCCc1cc(OS(=O)(=O)C(F)(F)F)ccc1OS(=O)(=O)C(F)(F)F. The molecule has 0 fully saturated rings. The van der Waals surface area contributed by atoms with Gasteiger partial charge in [0, 0.05) is 0 Å². The van der Waals surface area contributed by atoms with Crippen LogP contribution in [0.3, 0.4) is 0 Å². The minimum Gasteiger partial charge on any atom is -0.376 e. The molecule has 1 aromatic carbocycles. The van der Waals surface area contributed by atoms with Gasteiger partial charge in [-0.3, -0.25) is 0 Å². The molecule has 0 saturated heterocycles. The summed E-state index contributed by atoms with van der Waals surface area (Å²) in [4.78, 5) is 0. The molecule has 0 aliphatic carbocycles. The van der Waals surface area contributed by atoms with E-state index in [2.05, 4.69) is 8.37 Å². The number of alkyl halides is 6. The van der Waals surface area contributed by atoms with Gasteiger partial charge in [0.05, 0.1) is 0 Å². The standard InChI is InChI=1S/C14H16F6O6S2/c1-2-3-4-5-6-10-9-11(25-27(21,22)13(15,16)17)7-8-12(10)26-28(23,24)14(18,19)20/h7-9H,2-6H2,1H3. The molecule has 1 rings (SSSR count). The quantitative estimate of drug-likeness (QED) is 0.238. The monoisotopic (exact) mass is 458 g/mol. The molecule has 28 heavy (non-hydrogen) atoms. The maximum Gasteiger partial charge on any atom is 0.534 e. The highest BCUT2D eigenvalue weighted by Gasteiger charge is 2.49. The van der Waals surface area contributed by atoms with E-state index in [0.717, 1.165) is 12.8 Å². The van der Waals surface area contributed by atoms with Crippen LogP contribution in [0.25, 0.3) is 0 Å². The predicted octanol–water partition coefficient (Wildman–Crippen LogP) is 4.27. The Labute approximate surface area is 157 Å². The summed E-state index contributed by atoms with van der Waals surface area (Å²) in [6.45, 7) is 1.88. The Bertz CT molecular complexity index is 875. The molecule has 0 aliphatic heterocycles. The Morgan fingerprint density at radius 2 is 1.36 bits per heavy atom. The van der Waals surface area contributed by atoms with Crippen LogP contribution >= 0.6 is 0 Å². The normalized spacial score (nSPS) is 13.4. The van der Waals surface area contributed by atoms with Crippen molar-refractivity contribution in [3.63, 3.8) is 0 Å². The van der Waals surface area contributed by atoms with Gasteiger partial charge in [0.2, 0.25) is 0 Å². The minimum atomic E-state index is -6.02. The molecular weight excluding hydrogens is 442 g/mol. The van der Waals surface area contributed by atoms with Gasteiger partial charge in [-0.15, -0.1) is 0 Å². The number of hydrogen-bond donors (Lipinski definition) is 0. The summed E-state index contributed by atoms with van der Waals surface area (Å²) in [7, 11) is -12.0. The lowest BCUT2D eigenvalue weighted by atomic mass is 10.1. The fourth-order valence-corrected chi connectivity index (χ4v) is 2.91. The van der Waals surface area contributed by atoms with E-state index < -0.39 is 42.8 Å². The Morgan fingerprint density at radius 1 is 0.821 bits per heavy atom. The molecule has 0 heterocycles. The van der Waals surface area contributed by atoms with Crippen LogP contribution in [0.4, 0.5) is 26.3 Å². The fourth-order valence-electron chi connectivity index (χ4n) is 1.97. The van der Waals surface area contributed by atoms with E-state index in [4.69, 9.17) is 0 Å². The van der Waals surface area contributed by atoms with Gasteiger partial charge in [0.1, 0.15) is 11.5 Å². The van der Waals surface area contributed by atoms with E-state index in [9.17, 15) is 43.2 Å². The van der Waals surface area contributed by atoms with Gasteiger partial charge in [-0.2, -0.15) is 43.2 Å². The number of unbranched alkanes of at least 4 members (excludes halogenated alkanes) is 3. The third kappa shape index (κ3) is 6.43. The first kappa shape index (κ1) is 24.3. The van der Waals surface area contributed by atoms with Crippen molar-refractivity contribution >= 4 is 20.2 Å². The molecule has 0 N–H and O–H groups in total. The van der Waals surface area contributed by atoms with Crippen molar-refractivity contribution < 1.29 is 51.5 Å². The molecule has 6 nitrogen and oxygen atoms in total. The molecule has 0 spiro atoms. The summed E-state index contributed by atoms with van der Waals surface area (Å²) in [5.41, 5.74) is -11.7. The third-order valence-corrected chi connectivity index (χ3v) is 5.25. The highest BCUT2D eigenvalue weighted by molar-refractivity contribution is 7.88. The zero-order valence-electron chi connectivity index (χ0n) is 14.3. The lowest BCUT2D eigenvalue weighted by molar-refractivity contribution is -0.0506. The Hall–Kier alpha value is -1.70. The number of rotatable bonds is 9. The summed E-state index contributed by atoms with van der Waals surface area (Å²) in [5, 5.41) is 0. The number of hydrogen-bond acceptors (Lipinski definition) is 6. The van der Waals surface area contributed by atoms with Gasteiger partial charge in [0.15, 0.2) is 0 Å². The molecule has 162 valence electrons. The molecule has 0 radical (unpaired) electrons. The zero-order chi connectivity index (χ0) is 21.8. The molecule has 0 aromatic heterocycles. The van der Waals surface area contributed by atoms with E-state index >= 15 is 0 Å². The van der Waals surface area contributed by atoms with E-state index in [1.54, 1.807) is 0 Å². The lowest BCUT2D eigenvalue weighted by Crippen LogP contribution is -2.29. The topological polar surface area (TPSA) is 86.7 Å². The highest BCUT2D eigenvalue weighted by atomic mass is 32.2. The molecule has 0 aliphatic rings. The van der Waals surface area contributed by atoms with Crippen molar-refractivity contribution in [1.82, 2.24) is 0 Å². The van der Waals surface area contributed by atoms with Crippen molar-refractivity contribution in [2.45, 2.75) is 50.0 Å². The number of halogens is 6. The largest absolute Gasteiger partial charge is 0.534 e. The van der Waals surface area contributed by atoms with Gasteiger partial charge in [0.25, 0.3) is 0 Å². The second-order valence-electron chi connectivity index (χ2n) is 5.55. The van der Waals surface area contributed by atoms with Crippen LogP contribution in [0, 0.1) is 0 Å². The minimum absolute atomic E-state index is 0.0774. The predicted molar refractivity (Wildman–Crippen MR) is 85.5 cm³/mol. The van der Waals surface area contributed by atoms with Crippen molar-refractivity contribution in [3.8, 4) is 11.5 Å². The first-order valence-electron chi connectivity index (χ1n) is 7.75. The first-order chi connectivity index (χ1) is 12.6. The van der Waals surface area contributed by atoms with Crippen molar-refractivity contribution in [3.05, 3.63) is 23.8 Å². The van der Waals surface area contributed by atoms with Crippen LogP contribution in [0.2, 0.25) is 0 Å². The second kappa shape index (κ2) is 8.76. The van der Waals surface area contributed by atoms with Crippen LogP contribution in [-0.4, -0.2) is 27.9 Å². The molecule has 0 saturated carbocycles. The Balaban J connectivity index is 3.22. The second-order valence-corrected chi connectivity index (χ2v) is 8.62. The van der Waals surface area contributed by atoms with Gasteiger partial charge in [-0.25, -0.2) is 0 Å². The first-order valence-corrected chi connectivity index (χ1v) is 10.6. The highest BCUT2D eigenvalue weighted by Crippen LogP contribution is 2.34.